The molecular formula is C21H24N2O4. The third-order valence-electron chi connectivity index (χ3n) is 5.09. The molecule has 2 heterocycles. The molecule has 0 atom stereocenters. The number of carbonyl (C=O) groups excluding carboxylic acids is 1. The number of benzene rings is 2. The largest absolute Gasteiger partial charge is 0.497 e. The first-order chi connectivity index (χ1) is 13.2. The zero-order chi connectivity index (χ0) is 18.6. The first-order valence-corrected chi connectivity index (χ1v) is 9.22. The molecule has 0 aliphatic carbocycles. The van der Waals surface area contributed by atoms with Gasteiger partial charge in [0.05, 0.1) is 13.7 Å². The third kappa shape index (κ3) is 4.23. The Bertz CT molecular complexity index is 798. The van der Waals surface area contributed by atoms with Gasteiger partial charge in [0.15, 0.2) is 17.3 Å². The standard InChI is InChI=1S/C21H24N2O4/c1-25-18-5-3-17(4-6-18)19(24)14-23-10-8-22(9-11-23)13-16-2-7-20-21(12-16)27-15-26-20/h2-7,12H,8-11,13-15H2,1H3. The van der Waals surface area contributed by atoms with Gasteiger partial charge in [-0.1, -0.05) is 6.07 Å². The fourth-order valence-electron chi connectivity index (χ4n) is 3.47. The molecule has 6 heteroatoms. The van der Waals surface area contributed by atoms with Gasteiger partial charge in [0, 0.05) is 38.3 Å². The second-order valence-electron chi connectivity index (χ2n) is 6.89. The average molecular weight is 368 g/mol. The van der Waals surface area contributed by atoms with Gasteiger partial charge in [-0.3, -0.25) is 14.6 Å². The van der Waals surface area contributed by atoms with Crippen LogP contribution in [-0.2, 0) is 6.54 Å². The van der Waals surface area contributed by atoms with Gasteiger partial charge in [-0.05, 0) is 42.0 Å². The highest BCUT2D eigenvalue weighted by Crippen LogP contribution is 2.32. The lowest BCUT2D eigenvalue weighted by atomic mass is 10.1. The number of ketones is 1. The maximum absolute atomic E-state index is 12.5. The van der Waals surface area contributed by atoms with E-state index in [1.54, 1.807) is 7.11 Å². The molecule has 0 spiro atoms. The van der Waals surface area contributed by atoms with Gasteiger partial charge in [-0.25, -0.2) is 0 Å². The molecule has 0 amide bonds. The number of methoxy groups -OCH3 is 1. The van der Waals surface area contributed by atoms with Crippen molar-refractivity contribution >= 4 is 5.78 Å². The SMILES string of the molecule is COc1ccc(C(=O)CN2CCN(Cc3ccc4c(c3)OCO4)CC2)cc1. The van der Waals surface area contributed by atoms with E-state index in [1.807, 2.05) is 30.3 Å². The van der Waals surface area contributed by atoms with Crippen molar-refractivity contribution in [2.24, 2.45) is 0 Å². The molecular weight excluding hydrogens is 344 g/mol. The van der Waals surface area contributed by atoms with Crippen LogP contribution in [-0.4, -0.2) is 62.2 Å². The molecule has 0 bridgehead atoms. The quantitative estimate of drug-likeness (QED) is 0.730. The second-order valence-corrected chi connectivity index (χ2v) is 6.89. The molecule has 2 aliphatic heterocycles. The highest BCUT2D eigenvalue weighted by molar-refractivity contribution is 5.97. The summed E-state index contributed by atoms with van der Waals surface area (Å²) in [7, 11) is 1.62. The van der Waals surface area contributed by atoms with E-state index in [9.17, 15) is 4.79 Å². The number of fused-ring (bicyclic) bond motifs is 1. The molecule has 0 radical (unpaired) electrons. The van der Waals surface area contributed by atoms with Crippen LogP contribution in [0.2, 0.25) is 0 Å². The monoisotopic (exact) mass is 368 g/mol. The van der Waals surface area contributed by atoms with Crippen LogP contribution in [0.25, 0.3) is 0 Å². The van der Waals surface area contributed by atoms with Crippen molar-refractivity contribution < 1.29 is 19.0 Å². The maximum atomic E-state index is 12.5. The predicted molar refractivity (Wildman–Crippen MR) is 102 cm³/mol. The summed E-state index contributed by atoms with van der Waals surface area (Å²) in [6.07, 6.45) is 0. The highest BCUT2D eigenvalue weighted by Gasteiger charge is 2.21. The Morgan fingerprint density at radius 2 is 1.67 bits per heavy atom. The Morgan fingerprint density at radius 1 is 0.963 bits per heavy atom. The Balaban J connectivity index is 1.26. The molecule has 4 rings (SSSR count). The number of ether oxygens (including phenoxy) is 3. The number of rotatable bonds is 6. The van der Waals surface area contributed by atoms with E-state index < -0.39 is 0 Å². The molecule has 0 saturated carbocycles. The minimum atomic E-state index is 0.155. The predicted octanol–water partition coefficient (Wildman–Crippen LogP) is 2.42. The molecule has 0 N–H and O–H groups in total. The Kier molecular flexibility index (Phi) is 5.27. The van der Waals surface area contributed by atoms with Crippen LogP contribution in [0.15, 0.2) is 42.5 Å². The van der Waals surface area contributed by atoms with Crippen molar-refractivity contribution in [2.75, 3.05) is 46.6 Å². The van der Waals surface area contributed by atoms with Gasteiger partial charge in [0.1, 0.15) is 5.75 Å². The molecule has 2 aromatic rings. The van der Waals surface area contributed by atoms with Crippen LogP contribution in [0.5, 0.6) is 17.2 Å². The van der Waals surface area contributed by atoms with Gasteiger partial charge < -0.3 is 14.2 Å². The van der Waals surface area contributed by atoms with E-state index in [-0.39, 0.29) is 5.78 Å². The van der Waals surface area contributed by atoms with Crippen LogP contribution in [0, 0.1) is 0 Å². The zero-order valence-corrected chi connectivity index (χ0v) is 15.5. The van der Waals surface area contributed by atoms with E-state index in [4.69, 9.17) is 14.2 Å². The lowest BCUT2D eigenvalue weighted by Crippen LogP contribution is -2.47. The van der Waals surface area contributed by atoms with E-state index in [0.717, 1.165) is 55.5 Å². The van der Waals surface area contributed by atoms with E-state index in [1.165, 1.54) is 5.56 Å². The fraction of sp³-hybridized carbons (Fsp3) is 0.381. The third-order valence-corrected chi connectivity index (χ3v) is 5.09. The van der Waals surface area contributed by atoms with E-state index in [2.05, 4.69) is 21.9 Å². The molecule has 6 nitrogen and oxygen atoms in total. The lowest BCUT2D eigenvalue weighted by Gasteiger charge is -2.34. The highest BCUT2D eigenvalue weighted by atomic mass is 16.7. The smallest absolute Gasteiger partial charge is 0.231 e. The number of piperazine rings is 1. The number of carbonyl (C=O) groups is 1. The van der Waals surface area contributed by atoms with Crippen LogP contribution >= 0.6 is 0 Å². The average Bonchev–Trinajstić information content (AvgIpc) is 3.17. The molecule has 2 aliphatic rings. The lowest BCUT2D eigenvalue weighted by molar-refractivity contribution is 0.0843. The van der Waals surface area contributed by atoms with Gasteiger partial charge in [0.2, 0.25) is 6.79 Å². The summed E-state index contributed by atoms with van der Waals surface area (Å²) in [6.45, 7) is 5.34. The molecule has 27 heavy (non-hydrogen) atoms. The summed E-state index contributed by atoms with van der Waals surface area (Å²) >= 11 is 0. The van der Waals surface area contributed by atoms with Crippen LogP contribution in [0.1, 0.15) is 15.9 Å². The number of Topliss-reactive ketones (excluding diaryl/α,β-unsaturated/α-hetero) is 1. The normalized spacial score (nSPS) is 17.1. The molecule has 0 aromatic heterocycles. The van der Waals surface area contributed by atoms with Crippen molar-refractivity contribution in [3.8, 4) is 17.2 Å². The van der Waals surface area contributed by atoms with Crippen LogP contribution in [0.3, 0.4) is 0 Å². The summed E-state index contributed by atoms with van der Waals surface area (Å²) in [5.74, 6) is 2.57. The van der Waals surface area contributed by atoms with Crippen molar-refractivity contribution in [3.05, 3.63) is 53.6 Å². The second kappa shape index (κ2) is 7.98. The van der Waals surface area contributed by atoms with Gasteiger partial charge in [-0.15, -0.1) is 0 Å². The van der Waals surface area contributed by atoms with E-state index in [0.29, 0.717) is 13.3 Å². The minimum absolute atomic E-state index is 0.155. The number of hydrogen-bond donors (Lipinski definition) is 0. The van der Waals surface area contributed by atoms with Crippen LogP contribution in [0.4, 0.5) is 0 Å². The summed E-state index contributed by atoms with van der Waals surface area (Å²) in [5, 5.41) is 0. The number of nitrogens with zero attached hydrogens (tertiary/aromatic N) is 2. The van der Waals surface area contributed by atoms with Crippen molar-refractivity contribution in [3.63, 3.8) is 0 Å². The summed E-state index contributed by atoms with van der Waals surface area (Å²) in [4.78, 5) is 17.1. The van der Waals surface area contributed by atoms with Crippen molar-refractivity contribution in [1.29, 1.82) is 0 Å². The fourth-order valence-corrected chi connectivity index (χ4v) is 3.47. The topological polar surface area (TPSA) is 51.2 Å². The van der Waals surface area contributed by atoms with Crippen molar-refractivity contribution in [2.45, 2.75) is 6.54 Å². The summed E-state index contributed by atoms with van der Waals surface area (Å²) in [5.41, 5.74) is 1.96. The Morgan fingerprint density at radius 3 is 2.41 bits per heavy atom. The zero-order valence-electron chi connectivity index (χ0n) is 15.5. The first-order valence-electron chi connectivity index (χ1n) is 9.22. The molecule has 1 saturated heterocycles. The first kappa shape index (κ1) is 17.8. The minimum Gasteiger partial charge on any atom is -0.497 e. The molecule has 0 unspecified atom stereocenters. The van der Waals surface area contributed by atoms with Crippen molar-refractivity contribution in [1.82, 2.24) is 9.80 Å². The van der Waals surface area contributed by atoms with Gasteiger partial charge >= 0.3 is 0 Å². The molecule has 1 fully saturated rings. The molecule has 2 aromatic carbocycles. The van der Waals surface area contributed by atoms with Crippen LogP contribution < -0.4 is 14.2 Å². The Labute approximate surface area is 159 Å². The van der Waals surface area contributed by atoms with Gasteiger partial charge in [-0.2, -0.15) is 0 Å². The summed E-state index contributed by atoms with van der Waals surface area (Å²) in [6, 6.07) is 13.4. The Hall–Kier alpha value is -2.57. The van der Waals surface area contributed by atoms with Gasteiger partial charge in [0.25, 0.3) is 0 Å². The molecule has 142 valence electrons. The maximum Gasteiger partial charge on any atom is 0.231 e. The summed E-state index contributed by atoms with van der Waals surface area (Å²) < 4.78 is 16.0. The van der Waals surface area contributed by atoms with E-state index >= 15 is 0 Å². The number of hydrogen-bond acceptors (Lipinski definition) is 6.